The number of nitrogens with zero attached hydrogens (tertiary/aromatic N) is 1. The van der Waals surface area contributed by atoms with Gasteiger partial charge in [0.05, 0.1) is 0 Å². The molecule has 2 N–H and O–H groups in total. The molecule has 0 spiro atoms. The van der Waals surface area contributed by atoms with Crippen LogP contribution in [0.15, 0.2) is 35.1 Å². The molecule has 2 rings (SSSR count). The molecule has 0 aliphatic carbocycles. The number of aromatic nitrogens is 1. The second-order valence-corrected chi connectivity index (χ2v) is 5.15. The van der Waals surface area contributed by atoms with E-state index in [9.17, 15) is 4.79 Å². The zero-order valence-corrected chi connectivity index (χ0v) is 11.9. The van der Waals surface area contributed by atoms with Gasteiger partial charge >= 0.3 is 0 Å². The van der Waals surface area contributed by atoms with E-state index in [0.717, 1.165) is 23.6 Å². The van der Waals surface area contributed by atoms with E-state index in [1.807, 2.05) is 30.3 Å². The van der Waals surface area contributed by atoms with Gasteiger partial charge in [-0.15, -0.1) is 0 Å². The predicted molar refractivity (Wildman–Crippen MR) is 81.4 cm³/mol. The molecule has 0 aliphatic rings. The molecule has 1 atom stereocenters. The van der Waals surface area contributed by atoms with Crippen molar-refractivity contribution in [2.45, 2.75) is 39.7 Å². The fourth-order valence-corrected chi connectivity index (χ4v) is 2.90. The van der Waals surface area contributed by atoms with Gasteiger partial charge in [-0.25, -0.2) is 0 Å². The fourth-order valence-electron chi connectivity index (χ4n) is 2.90. The number of hydrogen-bond acceptors (Lipinski definition) is 2. The summed E-state index contributed by atoms with van der Waals surface area (Å²) < 4.78 is 1.75. The monoisotopic (exact) mass is 258 g/mol. The molecule has 3 nitrogen and oxygen atoms in total. The Morgan fingerprint density at radius 2 is 1.84 bits per heavy atom. The Balaban J connectivity index is 2.63. The molecule has 3 heteroatoms. The smallest absolute Gasteiger partial charge is 0.260 e. The first-order valence-corrected chi connectivity index (χ1v) is 6.99. The lowest BCUT2D eigenvalue weighted by molar-refractivity contribution is 0.331. The van der Waals surface area contributed by atoms with Gasteiger partial charge in [-0.05, 0) is 30.4 Å². The minimum Gasteiger partial charge on any atom is -0.385 e. The number of benzene rings is 1. The van der Waals surface area contributed by atoms with Crippen molar-refractivity contribution >= 4 is 16.6 Å². The summed E-state index contributed by atoms with van der Waals surface area (Å²) in [7, 11) is 0. The SMILES string of the molecule is CCC(CC)C(C)n1c(N)cc2ccccc2c1=O. The topological polar surface area (TPSA) is 48.0 Å². The molecule has 0 radical (unpaired) electrons. The molecule has 0 saturated heterocycles. The highest BCUT2D eigenvalue weighted by Gasteiger charge is 2.19. The average molecular weight is 258 g/mol. The molecular formula is C16H22N2O. The molecule has 1 unspecified atom stereocenters. The molecule has 1 heterocycles. The molecule has 2 aromatic rings. The van der Waals surface area contributed by atoms with Crippen molar-refractivity contribution in [3.63, 3.8) is 0 Å². The van der Waals surface area contributed by atoms with Gasteiger partial charge in [-0.2, -0.15) is 0 Å². The Bertz CT molecular complexity index is 626. The van der Waals surface area contributed by atoms with Crippen LogP contribution in [0, 0.1) is 5.92 Å². The van der Waals surface area contributed by atoms with Crippen LogP contribution >= 0.6 is 0 Å². The minimum absolute atomic E-state index is 0.0231. The van der Waals surface area contributed by atoms with Crippen molar-refractivity contribution in [3.8, 4) is 0 Å². The summed E-state index contributed by atoms with van der Waals surface area (Å²) in [5, 5.41) is 1.66. The number of rotatable bonds is 4. The van der Waals surface area contributed by atoms with Gasteiger partial charge in [0.1, 0.15) is 5.82 Å². The van der Waals surface area contributed by atoms with Gasteiger partial charge in [0, 0.05) is 11.4 Å². The predicted octanol–water partition coefficient (Wildman–Crippen LogP) is 3.58. The Morgan fingerprint density at radius 3 is 2.47 bits per heavy atom. The van der Waals surface area contributed by atoms with Crippen LogP contribution in [0.3, 0.4) is 0 Å². The third-order valence-electron chi connectivity index (χ3n) is 4.13. The van der Waals surface area contributed by atoms with Gasteiger partial charge in [0.2, 0.25) is 0 Å². The van der Waals surface area contributed by atoms with Crippen molar-refractivity contribution in [2.24, 2.45) is 5.92 Å². The molecule has 102 valence electrons. The molecule has 0 bridgehead atoms. The lowest BCUT2D eigenvalue weighted by atomic mass is 9.95. The van der Waals surface area contributed by atoms with E-state index in [2.05, 4.69) is 20.8 Å². The second-order valence-electron chi connectivity index (χ2n) is 5.15. The highest BCUT2D eigenvalue weighted by atomic mass is 16.1. The van der Waals surface area contributed by atoms with E-state index in [1.165, 1.54) is 0 Å². The summed E-state index contributed by atoms with van der Waals surface area (Å²) >= 11 is 0. The lowest BCUT2D eigenvalue weighted by Crippen LogP contribution is -2.29. The van der Waals surface area contributed by atoms with Crippen molar-refractivity contribution < 1.29 is 0 Å². The number of fused-ring (bicyclic) bond motifs is 1. The van der Waals surface area contributed by atoms with E-state index in [-0.39, 0.29) is 11.6 Å². The first kappa shape index (κ1) is 13.7. The van der Waals surface area contributed by atoms with Crippen molar-refractivity contribution in [1.29, 1.82) is 0 Å². The highest BCUT2D eigenvalue weighted by molar-refractivity contribution is 5.83. The van der Waals surface area contributed by atoms with E-state index in [1.54, 1.807) is 4.57 Å². The van der Waals surface area contributed by atoms with Crippen LogP contribution in [0.25, 0.3) is 10.8 Å². The van der Waals surface area contributed by atoms with Gasteiger partial charge < -0.3 is 5.73 Å². The maximum atomic E-state index is 12.6. The Labute approximate surface area is 114 Å². The normalized spacial score (nSPS) is 13.1. The molecule has 0 amide bonds. The van der Waals surface area contributed by atoms with E-state index in [0.29, 0.717) is 11.7 Å². The quantitative estimate of drug-likeness (QED) is 0.911. The van der Waals surface area contributed by atoms with E-state index in [4.69, 9.17) is 5.73 Å². The maximum absolute atomic E-state index is 12.6. The Hall–Kier alpha value is -1.77. The number of nitrogen functional groups attached to an aromatic ring is 1. The molecular weight excluding hydrogens is 236 g/mol. The number of nitrogens with two attached hydrogens (primary N) is 1. The minimum atomic E-state index is 0.0231. The average Bonchev–Trinajstić information content (AvgIpc) is 2.40. The Kier molecular flexibility index (Phi) is 3.93. The van der Waals surface area contributed by atoms with E-state index >= 15 is 0 Å². The standard InChI is InChI=1S/C16H22N2O/c1-4-12(5-2)11(3)18-15(17)10-13-8-6-7-9-14(13)16(18)19/h6-12H,4-5,17H2,1-3H3. The van der Waals surface area contributed by atoms with Gasteiger partial charge in [0.25, 0.3) is 5.56 Å². The van der Waals surface area contributed by atoms with Crippen LogP contribution in [0.5, 0.6) is 0 Å². The maximum Gasteiger partial charge on any atom is 0.260 e. The van der Waals surface area contributed by atoms with Crippen LogP contribution in [-0.2, 0) is 0 Å². The number of hydrogen-bond donors (Lipinski definition) is 1. The molecule has 0 aliphatic heterocycles. The fraction of sp³-hybridized carbons (Fsp3) is 0.438. The van der Waals surface area contributed by atoms with Crippen LogP contribution in [0.2, 0.25) is 0 Å². The van der Waals surface area contributed by atoms with Gasteiger partial charge in [-0.1, -0.05) is 44.9 Å². The van der Waals surface area contributed by atoms with Gasteiger partial charge in [-0.3, -0.25) is 9.36 Å². The third-order valence-corrected chi connectivity index (χ3v) is 4.13. The summed E-state index contributed by atoms with van der Waals surface area (Å²) in [6.45, 7) is 6.41. The summed E-state index contributed by atoms with van der Waals surface area (Å²) in [5.74, 6) is 1.03. The van der Waals surface area contributed by atoms with Crippen LogP contribution in [0.4, 0.5) is 5.82 Å². The number of pyridine rings is 1. The first-order valence-electron chi connectivity index (χ1n) is 6.99. The largest absolute Gasteiger partial charge is 0.385 e. The van der Waals surface area contributed by atoms with Crippen LogP contribution in [-0.4, -0.2) is 4.57 Å². The summed E-state index contributed by atoms with van der Waals surface area (Å²) in [6.07, 6.45) is 2.10. The van der Waals surface area contributed by atoms with Crippen molar-refractivity contribution in [3.05, 3.63) is 40.7 Å². The zero-order chi connectivity index (χ0) is 14.0. The van der Waals surface area contributed by atoms with Crippen LogP contribution in [0.1, 0.15) is 39.7 Å². The summed E-state index contributed by atoms with van der Waals surface area (Å²) in [4.78, 5) is 12.6. The second kappa shape index (κ2) is 5.47. The molecule has 1 aromatic carbocycles. The highest BCUT2D eigenvalue weighted by Crippen LogP contribution is 2.26. The number of anilines is 1. The zero-order valence-electron chi connectivity index (χ0n) is 11.9. The molecule has 19 heavy (non-hydrogen) atoms. The molecule has 1 aromatic heterocycles. The van der Waals surface area contributed by atoms with Crippen molar-refractivity contribution in [2.75, 3.05) is 5.73 Å². The van der Waals surface area contributed by atoms with Gasteiger partial charge in [0.15, 0.2) is 0 Å². The molecule has 0 fully saturated rings. The van der Waals surface area contributed by atoms with Crippen LogP contribution < -0.4 is 11.3 Å². The third kappa shape index (κ3) is 2.37. The molecule has 0 saturated carbocycles. The summed E-state index contributed by atoms with van der Waals surface area (Å²) in [6, 6.07) is 9.65. The van der Waals surface area contributed by atoms with E-state index < -0.39 is 0 Å². The summed E-state index contributed by atoms with van der Waals surface area (Å²) in [5.41, 5.74) is 6.12. The first-order chi connectivity index (χ1) is 9.10. The Morgan fingerprint density at radius 1 is 1.21 bits per heavy atom. The lowest BCUT2D eigenvalue weighted by Gasteiger charge is -2.25. The van der Waals surface area contributed by atoms with Crippen molar-refractivity contribution in [1.82, 2.24) is 4.57 Å².